The van der Waals surface area contributed by atoms with E-state index in [0.717, 1.165) is 0 Å². The van der Waals surface area contributed by atoms with Crippen LogP contribution in [0, 0.1) is 19.3 Å². The van der Waals surface area contributed by atoms with E-state index in [1.807, 2.05) is 0 Å². The van der Waals surface area contributed by atoms with Crippen LogP contribution in [0.1, 0.15) is 31.8 Å². The van der Waals surface area contributed by atoms with Gasteiger partial charge in [0.15, 0.2) is 0 Å². The number of hydrogen-bond donors (Lipinski definition) is 1. The van der Waals surface area contributed by atoms with Crippen LogP contribution in [0.15, 0.2) is 12.1 Å². The molecule has 1 rings (SSSR count). The van der Waals surface area contributed by atoms with Crippen LogP contribution in [0.25, 0.3) is 0 Å². The molecular weight excluding hydrogens is 180 g/mol. The summed E-state index contributed by atoms with van der Waals surface area (Å²) in [6.07, 6.45) is 5.78. The lowest BCUT2D eigenvalue weighted by Crippen LogP contribution is -2.01. The van der Waals surface area contributed by atoms with Crippen LogP contribution in [0.4, 0.5) is 0 Å². The predicted molar refractivity (Wildman–Crippen MR) is 51.5 cm³/mol. The van der Waals surface area contributed by atoms with Crippen molar-refractivity contribution in [3.05, 3.63) is 34.4 Å². The van der Waals surface area contributed by atoms with E-state index in [4.69, 9.17) is 11.5 Å². The maximum atomic E-state index is 10.7. The third-order valence-electron chi connectivity index (χ3n) is 1.98. The lowest BCUT2D eigenvalue weighted by molar-refractivity contribution is 0.0697. The molecule has 0 unspecified atom stereocenters. The van der Waals surface area contributed by atoms with Gasteiger partial charge in [-0.1, -0.05) is 5.92 Å². The van der Waals surface area contributed by atoms with Crippen molar-refractivity contribution in [1.82, 2.24) is 0 Å². The topological polar surface area (TPSA) is 54.4 Å². The Bertz CT molecular complexity index is 439. The summed E-state index contributed by atoms with van der Waals surface area (Å²) in [5, 5.41) is 8.73. The SMILES string of the molecule is C#Cc1cc(C(=O)O)cc(C=O)c1C. The van der Waals surface area contributed by atoms with Gasteiger partial charge in [-0.05, 0) is 24.6 Å². The standard InChI is InChI=1S/C11H8O3/c1-3-8-4-9(11(13)14)5-10(6-12)7(8)2/h1,4-6H,2H3,(H,13,14). The van der Waals surface area contributed by atoms with Gasteiger partial charge in [0.2, 0.25) is 0 Å². The molecule has 0 heterocycles. The monoisotopic (exact) mass is 188 g/mol. The Morgan fingerprint density at radius 2 is 2.21 bits per heavy atom. The predicted octanol–water partition coefficient (Wildman–Crippen LogP) is 1.49. The van der Waals surface area contributed by atoms with E-state index in [1.54, 1.807) is 6.92 Å². The van der Waals surface area contributed by atoms with Gasteiger partial charge in [-0.25, -0.2) is 4.79 Å². The van der Waals surface area contributed by atoms with Crippen LogP contribution in [0.3, 0.4) is 0 Å². The van der Waals surface area contributed by atoms with Gasteiger partial charge in [0.05, 0.1) is 5.56 Å². The zero-order valence-electron chi connectivity index (χ0n) is 7.57. The number of hydrogen-bond acceptors (Lipinski definition) is 2. The Labute approximate surface area is 81.4 Å². The van der Waals surface area contributed by atoms with Crippen molar-refractivity contribution < 1.29 is 14.7 Å². The fourth-order valence-electron chi connectivity index (χ4n) is 1.13. The van der Waals surface area contributed by atoms with Crippen molar-refractivity contribution in [3.63, 3.8) is 0 Å². The van der Waals surface area contributed by atoms with Crippen LogP contribution in [0.2, 0.25) is 0 Å². The van der Waals surface area contributed by atoms with Crippen LogP contribution in [0.5, 0.6) is 0 Å². The summed E-state index contributed by atoms with van der Waals surface area (Å²) in [6, 6.07) is 2.69. The molecule has 0 amide bonds. The molecule has 0 saturated heterocycles. The van der Waals surface area contributed by atoms with Gasteiger partial charge in [-0.15, -0.1) is 6.42 Å². The zero-order chi connectivity index (χ0) is 10.7. The van der Waals surface area contributed by atoms with Gasteiger partial charge in [-0.3, -0.25) is 4.79 Å². The van der Waals surface area contributed by atoms with E-state index in [-0.39, 0.29) is 5.56 Å². The van der Waals surface area contributed by atoms with E-state index in [0.29, 0.717) is 23.0 Å². The minimum absolute atomic E-state index is 0.0330. The highest BCUT2D eigenvalue weighted by molar-refractivity contribution is 5.91. The fraction of sp³-hybridized carbons (Fsp3) is 0.0909. The zero-order valence-corrected chi connectivity index (χ0v) is 7.57. The molecule has 0 atom stereocenters. The van der Waals surface area contributed by atoms with Crippen LogP contribution in [-0.4, -0.2) is 17.4 Å². The summed E-state index contributed by atoms with van der Waals surface area (Å²) in [5.41, 5.74) is 1.42. The van der Waals surface area contributed by atoms with Crippen LogP contribution >= 0.6 is 0 Å². The molecule has 0 saturated carbocycles. The summed E-state index contributed by atoms with van der Waals surface area (Å²) in [4.78, 5) is 21.3. The molecule has 0 aliphatic carbocycles. The summed E-state index contributed by atoms with van der Waals surface area (Å²) < 4.78 is 0. The summed E-state index contributed by atoms with van der Waals surface area (Å²) in [7, 11) is 0. The van der Waals surface area contributed by atoms with Crippen molar-refractivity contribution >= 4 is 12.3 Å². The maximum Gasteiger partial charge on any atom is 0.335 e. The van der Waals surface area contributed by atoms with Crippen LogP contribution in [-0.2, 0) is 0 Å². The van der Waals surface area contributed by atoms with Gasteiger partial charge in [0.1, 0.15) is 6.29 Å². The Morgan fingerprint density at radius 1 is 1.57 bits per heavy atom. The Morgan fingerprint density at radius 3 is 2.64 bits per heavy atom. The second kappa shape index (κ2) is 3.75. The first kappa shape index (κ1) is 10.0. The quantitative estimate of drug-likeness (QED) is 0.565. The van der Waals surface area contributed by atoms with Crippen molar-refractivity contribution in [2.45, 2.75) is 6.92 Å². The number of terminal acetylenes is 1. The van der Waals surface area contributed by atoms with Gasteiger partial charge in [-0.2, -0.15) is 0 Å². The van der Waals surface area contributed by atoms with E-state index in [2.05, 4.69) is 5.92 Å². The van der Waals surface area contributed by atoms with Crippen molar-refractivity contribution in [3.8, 4) is 12.3 Å². The summed E-state index contributed by atoms with van der Waals surface area (Å²) in [6.45, 7) is 1.69. The molecule has 3 nitrogen and oxygen atoms in total. The van der Waals surface area contributed by atoms with E-state index in [1.165, 1.54) is 12.1 Å². The molecule has 1 aromatic carbocycles. The lowest BCUT2D eigenvalue weighted by Gasteiger charge is -2.03. The molecule has 0 spiro atoms. The molecule has 3 heteroatoms. The molecule has 0 fully saturated rings. The molecule has 1 aromatic rings. The second-order valence-electron chi connectivity index (χ2n) is 2.81. The molecule has 0 aliphatic heterocycles. The van der Waals surface area contributed by atoms with Gasteiger partial charge in [0.25, 0.3) is 0 Å². The highest BCUT2D eigenvalue weighted by Gasteiger charge is 2.09. The molecule has 0 radical (unpaired) electrons. The molecule has 0 bridgehead atoms. The Balaban J connectivity index is 3.49. The number of benzene rings is 1. The molecule has 0 aliphatic rings. The van der Waals surface area contributed by atoms with Crippen molar-refractivity contribution in [2.24, 2.45) is 0 Å². The van der Waals surface area contributed by atoms with Crippen molar-refractivity contribution in [1.29, 1.82) is 0 Å². The molecular formula is C11H8O3. The number of carboxylic acids is 1. The summed E-state index contributed by atoms with van der Waals surface area (Å²) in [5.74, 6) is 1.25. The smallest absolute Gasteiger partial charge is 0.335 e. The van der Waals surface area contributed by atoms with E-state index < -0.39 is 5.97 Å². The second-order valence-corrected chi connectivity index (χ2v) is 2.81. The number of carbonyl (C=O) groups is 2. The van der Waals surface area contributed by atoms with Gasteiger partial charge >= 0.3 is 5.97 Å². The fourth-order valence-corrected chi connectivity index (χ4v) is 1.13. The highest BCUT2D eigenvalue weighted by Crippen LogP contribution is 2.14. The number of aldehydes is 1. The van der Waals surface area contributed by atoms with Gasteiger partial charge in [0, 0.05) is 11.1 Å². The first-order valence-electron chi connectivity index (χ1n) is 3.90. The number of carboxylic acid groups (broad SMARTS) is 1. The minimum Gasteiger partial charge on any atom is -0.478 e. The Kier molecular flexibility index (Phi) is 2.68. The molecule has 1 N–H and O–H groups in total. The number of aromatic carboxylic acids is 1. The average molecular weight is 188 g/mol. The van der Waals surface area contributed by atoms with E-state index >= 15 is 0 Å². The largest absolute Gasteiger partial charge is 0.478 e. The molecule has 14 heavy (non-hydrogen) atoms. The molecule has 70 valence electrons. The summed E-state index contributed by atoms with van der Waals surface area (Å²) >= 11 is 0. The minimum atomic E-state index is -1.09. The lowest BCUT2D eigenvalue weighted by atomic mass is 10.00. The highest BCUT2D eigenvalue weighted by atomic mass is 16.4. The first-order valence-corrected chi connectivity index (χ1v) is 3.90. The normalized spacial score (nSPS) is 9.14. The first-order chi connectivity index (χ1) is 6.60. The number of carbonyl (C=O) groups excluding carboxylic acids is 1. The maximum absolute atomic E-state index is 10.7. The Hall–Kier alpha value is -2.08. The van der Waals surface area contributed by atoms with Crippen molar-refractivity contribution in [2.75, 3.05) is 0 Å². The van der Waals surface area contributed by atoms with Crippen LogP contribution < -0.4 is 0 Å². The van der Waals surface area contributed by atoms with Gasteiger partial charge < -0.3 is 5.11 Å². The molecule has 0 aromatic heterocycles. The average Bonchev–Trinajstić information content (AvgIpc) is 2.17. The third kappa shape index (κ3) is 1.64. The van der Waals surface area contributed by atoms with E-state index in [9.17, 15) is 9.59 Å². The third-order valence-corrected chi connectivity index (χ3v) is 1.98. The number of rotatable bonds is 2.